The molecule has 35 heavy (non-hydrogen) atoms. The minimum absolute atomic E-state index is 0.120. The van der Waals surface area contributed by atoms with Crippen LogP contribution in [0.3, 0.4) is 0 Å². The van der Waals surface area contributed by atoms with E-state index in [4.69, 9.17) is 38.0 Å². The fourth-order valence-electron chi connectivity index (χ4n) is 4.79. The standard InChI is InChI=1S/C26H29ClN4O3S/c1-32-14-15-34-23-10-9-18(16-20(23)27)31-25(24(29-26(31)35)21-7-2-3-11-28-21)22-8-4-12-30(22)17-19-6-5-13-33-19/h2-4,7-12,16,19,24-25H,5-6,13-15,17H2,1H3,(H,29,35). The lowest BCUT2D eigenvalue weighted by atomic mass is 10.0. The van der Waals surface area contributed by atoms with Gasteiger partial charge in [0.1, 0.15) is 18.4 Å². The van der Waals surface area contributed by atoms with Gasteiger partial charge in [-0.25, -0.2) is 0 Å². The predicted octanol–water partition coefficient (Wildman–Crippen LogP) is 4.92. The molecule has 2 fully saturated rings. The zero-order valence-corrected chi connectivity index (χ0v) is 21.2. The van der Waals surface area contributed by atoms with Gasteiger partial charge in [0.05, 0.1) is 29.5 Å². The lowest BCUT2D eigenvalue weighted by molar-refractivity contribution is 0.0961. The summed E-state index contributed by atoms with van der Waals surface area (Å²) in [5, 5.41) is 4.66. The Hall–Kier alpha value is -2.65. The van der Waals surface area contributed by atoms with E-state index in [1.807, 2.05) is 42.6 Å². The van der Waals surface area contributed by atoms with Crippen LogP contribution in [-0.2, 0) is 16.0 Å². The van der Waals surface area contributed by atoms with Crippen LogP contribution in [0, 0.1) is 0 Å². The number of hydrogen-bond acceptors (Lipinski definition) is 5. The molecule has 1 N–H and O–H groups in total. The molecule has 0 bridgehead atoms. The average molecular weight is 513 g/mol. The van der Waals surface area contributed by atoms with Crippen LogP contribution in [0.5, 0.6) is 5.75 Å². The van der Waals surface area contributed by atoms with Gasteiger partial charge >= 0.3 is 0 Å². The SMILES string of the molecule is COCCOc1ccc(N2C(=S)NC(c3ccccn3)C2c2cccn2CC2CCCO2)cc1Cl. The number of methoxy groups -OCH3 is 1. The maximum atomic E-state index is 6.61. The van der Waals surface area contributed by atoms with E-state index in [0.29, 0.717) is 29.1 Å². The zero-order valence-electron chi connectivity index (χ0n) is 19.6. The van der Waals surface area contributed by atoms with Gasteiger partial charge in [-0.05, 0) is 67.5 Å². The molecule has 0 saturated carbocycles. The number of pyridine rings is 1. The Balaban J connectivity index is 1.51. The summed E-state index contributed by atoms with van der Waals surface area (Å²) in [4.78, 5) is 6.78. The van der Waals surface area contributed by atoms with Gasteiger partial charge in [-0.2, -0.15) is 0 Å². The van der Waals surface area contributed by atoms with E-state index in [2.05, 4.69) is 38.1 Å². The topological polar surface area (TPSA) is 60.8 Å². The fraction of sp³-hybridized carbons (Fsp3) is 0.385. The van der Waals surface area contributed by atoms with Crippen molar-refractivity contribution in [3.05, 3.63) is 77.3 Å². The highest BCUT2D eigenvalue weighted by atomic mass is 35.5. The molecular formula is C26H29ClN4O3S. The van der Waals surface area contributed by atoms with Crippen molar-refractivity contribution in [2.75, 3.05) is 31.8 Å². The second-order valence-electron chi connectivity index (χ2n) is 8.67. The van der Waals surface area contributed by atoms with Crippen LogP contribution in [0.4, 0.5) is 5.69 Å². The number of nitrogens with one attached hydrogen (secondary N) is 1. The van der Waals surface area contributed by atoms with Crippen LogP contribution < -0.4 is 15.0 Å². The molecule has 0 spiro atoms. The van der Waals surface area contributed by atoms with Crippen LogP contribution in [0.15, 0.2) is 60.9 Å². The number of nitrogens with zero attached hydrogens (tertiary/aromatic N) is 3. The Morgan fingerprint density at radius 2 is 2.11 bits per heavy atom. The fourth-order valence-corrected chi connectivity index (χ4v) is 5.37. The molecule has 9 heteroatoms. The maximum absolute atomic E-state index is 6.61. The summed E-state index contributed by atoms with van der Waals surface area (Å²) in [6.07, 6.45) is 6.34. The first-order chi connectivity index (χ1) is 17.2. The van der Waals surface area contributed by atoms with Crippen molar-refractivity contribution in [1.29, 1.82) is 0 Å². The number of halogens is 1. The molecule has 2 aromatic heterocycles. The van der Waals surface area contributed by atoms with Gasteiger partial charge in [-0.1, -0.05) is 17.7 Å². The summed E-state index contributed by atoms with van der Waals surface area (Å²) in [7, 11) is 1.64. The summed E-state index contributed by atoms with van der Waals surface area (Å²) >= 11 is 12.5. The number of anilines is 1. The lowest BCUT2D eigenvalue weighted by Crippen LogP contribution is -2.31. The molecule has 3 unspecified atom stereocenters. The first kappa shape index (κ1) is 24.1. The van der Waals surface area contributed by atoms with E-state index in [9.17, 15) is 0 Å². The van der Waals surface area contributed by atoms with Gasteiger partial charge in [-0.3, -0.25) is 4.98 Å². The number of rotatable bonds is 9. The van der Waals surface area contributed by atoms with Crippen LogP contribution >= 0.6 is 23.8 Å². The normalized spacial score (nSPS) is 21.9. The zero-order chi connectivity index (χ0) is 24.2. The minimum Gasteiger partial charge on any atom is -0.490 e. The average Bonchev–Trinajstić information content (AvgIpc) is 3.62. The van der Waals surface area contributed by atoms with Crippen molar-refractivity contribution in [2.45, 2.75) is 37.6 Å². The number of ether oxygens (including phenoxy) is 3. The van der Waals surface area contributed by atoms with Crippen molar-refractivity contribution < 1.29 is 14.2 Å². The molecule has 7 nitrogen and oxygen atoms in total. The van der Waals surface area contributed by atoms with Crippen molar-refractivity contribution >= 4 is 34.6 Å². The third-order valence-corrected chi connectivity index (χ3v) is 7.04. The molecule has 0 aliphatic carbocycles. The number of aromatic nitrogens is 2. The molecule has 1 aromatic carbocycles. The maximum Gasteiger partial charge on any atom is 0.174 e. The first-order valence-electron chi connectivity index (χ1n) is 11.8. The van der Waals surface area contributed by atoms with E-state index in [0.717, 1.165) is 43.1 Å². The molecule has 4 heterocycles. The highest BCUT2D eigenvalue weighted by Crippen LogP contribution is 2.43. The quantitative estimate of drug-likeness (QED) is 0.322. The number of benzene rings is 1. The van der Waals surface area contributed by atoms with Crippen molar-refractivity contribution in [3.63, 3.8) is 0 Å². The smallest absolute Gasteiger partial charge is 0.174 e. The molecule has 0 amide bonds. The minimum atomic E-state index is -0.127. The third-order valence-electron chi connectivity index (χ3n) is 6.43. The van der Waals surface area contributed by atoms with Gasteiger partial charge < -0.3 is 29.0 Å². The van der Waals surface area contributed by atoms with Crippen LogP contribution in [0.25, 0.3) is 0 Å². The van der Waals surface area contributed by atoms with E-state index in [-0.39, 0.29) is 18.2 Å². The number of hydrogen-bond donors (Lipinski definition) is 1. The summed E-state index contributed by atoms with van der Waals surface area (Å²) in [6.45, 7) is 2.56. The van der Waals surface area contributed by atoms with Gasteiger partial charge in [0.25, 0.3) is 0 Å². The Morgan fingerprint density at radius 1 is 1.20 bits per heavy atom. The second-order valence-corrected chi connectivity index (χ2v) is 9.47. The molecule has 3 atom stereocenters. The summed E-state index contributed by atoms with van der Waals surface area (Å²) in [5.41, 5.74) is 2.96. The summed E-state index contributed by atoms with van der Waals surface area (Å²) < 4.78 is 19.0. The molecular weight excluding hydrogens is 484 g/mol. The molecule has 2 aliphatic heterocycles. The van der Waals surface area contributed by atoms with E-state index in [1.54, 1.807) is 7.11 Å². The molecule has 2 aliphatic rings. The highest BCUT2D eigenvalue weighted by molar-refractivity contribution is 7.80. The molecule has 184 valence electrons. The lowest BCUT2D eigenvalue weighted by Gasteiger charge is -2.29. The van der Waals surface area contributed by atoms with E-state index < -0.39 is 0 Å². The van der Waals surface area contributed by atoms with Crippen LogP contribution in [-0.4, -0.2) is 47.7 Å². The highest BCUT2D eigenvalue weighted by Gasteiger charge is 2.42. The van der Waals surface area contributed by atoms with E-state index >= 15 is 0 Å². The Bertz CT molecular complexity index is 1150. The Kier molecular flexibility index (Phi) is 7.53. The Labute approximate surface area is 215 Å². The summed E-state index contributed by atoms with van der Waals surface area (Å²) in [5.74, 6) is 0.616. The largest absolute Gasteiger partial charge is 0.490 e. The van der Waals surface area contributed by atoms with Crippen LogP contribution in [0.1, 0.15) is 36.3 Å². The van der Waals surface area contributed by atoms with Gasteiger partial charge in [0.15, 0.2) is 5.11 Å². The predicted molar refractivity (Wildman–Crippen MR) is 140 cm³/mol. The monoisotopic (exact) mass is 512 g/mol. The third kappa shape index (κ3) is 5.16. The van der Waals surface area contributed by atoms with Crippen LogP contribution in [0.2, 0.25) is 5.02 Å². The van der Waals surface area contributed by atoms with Crippen molar-refractivity contribution in [1.82, 2.24) is 14.9 Å². The second kappa shape index (κ2) is 11.0. The van der Waals surface area contributed by atoms with E-state index in [1.165, 1.54) is 0 Å². The molecule has 0 radical (unpaired) electrons. The first-order valence-corrected chi connectivity index (χ1v) is 12.6. The van der Waals surface area contributed by atoms with Crippen molar-refractivity contribution in [3.8, 4) is 5.75 Å². The molecule has 5 rings (SSSR count). The number of thiocarbonyl (C=S) groups is 1. The van der Waals surface area contributed by atoms with Gasteiger partial charge in [0.2, 0.25) is 0 Å². The van der Waals surface area contributed by atoms with Gasteiger partial charge in [-0.15, -0.1) is 0 Å². The molecule has 2 saturated heterocycles. The summed E-state index contributed by atoms with van der Waals surface area (Å²) in [6, 6.07) is 15.7. The molecule has 3 aromatic rings. The van der Waals surface area contributed by atoms with Gasteiger partial charge in [0, 0.05) is 44.0 Å². The van der Waals surface area contributed by atoms with Crippen molar-refractivity contribution in [2.24, 2.45) is 0 Å². The Morgan fingerprint density at radius 3 is 2.86 bits per heavy atom.